The van der Waals surface area contributed by atoms with Crippen LogP contribution in [-0.2, 0) is 20.0 Å². The van der Waals surface area contributed by atoms with E-state index in [1.165, 1.54) is 0 Å². The molecular formula is C11H15N5S. The highest BCUT2D eigenvalue weighted by molar-refractivity contribution is 7.99. The number of nitrogens with zero attached hydrogens (tertiary/aromatic N) is 5. The van der Waals surface area contributed by atoms with Crippen LogP contribution in [0.4, 0.5) is 0 Å². The van der Waals surface area contributed by atoms with Crippen LogP contribution in [0.2, 0.25) is 0 Å². The van der Waals surface area contributed by atoms with Gasteiger partial charge in [-0.2, -0.15) is 16.9 Å². The molecule has 0 unspecified atom stereocenters. The first-order chi connectivity index (χ1) is 8.27. The van der Waals surface area contributed by atoms with E-state index in [0.717, 1.165) is 47.4 Å². The Labute approximate surface area is 104 Å². The van der Waals surface area contributed by atoms with E-state index in [4.69, 9.17) is 0 Å². The summed E-state index contributed by atoms with van der Waals surface area (Å²) in [4.78, 5) is 0. The van der Waals surface area contributed by atoms with Gasteiger partial charge in [-0.15, -0.1) is 10.2 Å². The summed E-state index contributed by atoms with van der Waals surface area (Å²) in [5, 5.41) is 12.9. The van der Waals surface area contributed by atoms with Crippen molar-refractivity contribution in [1.82, 2.24) is 24.5 Å². The van der Waals surface area contributed by atoms with Crippen molar-refractivity contribution < 1.29 is 0 Å². The molecule has 0 aliphatic carbocycles. The van der Waals surface area contributed by atoms with E-state index in [9.17, 15) is 0 Å². The minimum absolute atomic E-state index is 0.966. The van der Waals surface area contributed by atoms with Crippen LogP contribution in [-0.4, -0.2) is 36.1 Å². The Morgan fingerprint density at radius 1 is 1.29 bits per heavy atom. The van der Waals surface area contributed by atoms with Gasteiger partial charge in [0.2, 0.25) is 0 Å². The first-order valence-corrected chi connectivity index (χ1v) is 6.91. The molecule has 1 aliphatic heterocycles. The molecule has 90 valence electrons. The van der Waals surface area contributed by atoms with Crippen molar-refractivity contribution in [2.45, 2.75) is 19.9 Å². The highest BCUT2D eigenvalue weighted by Gasteiger charge is 2.18. The lowest BCUT2D eigenvalue weighted by atomic mass is 10.2. The normalized spacial score (nSPS) is 15.6. The summed E-state index contributed by atoms with van der Waals surface area (Å²) < 4.78 is 4.12. The zero-order valence-electron chi connectivity index (χ0n) is 10.1. The van der Waals surface area contributed by atoms with Gasteiger partial charge < -0.3 is 4.57 Å². The monoisotopic (exact) mass is 249 g/mol. The lowest BCUT2D eigenvalue weighted by molar-refractivity contribution is 0.728. The largest absolute Gasteiger partial charge is 0.310 e. The van der Waals surface area contributed by atoms with Crippen molar-refractivity contribution in [2.24, 2.45) is 7.05 Å². The van der Waals surface area contributed by atoms with Crippen molar-refractivity contribution in [3.63, 3.8) is 0 Å². The first-order valence-electron chi connectivity index (χ1n) is 5.76. The molecule has 0 fully saturated rings. The van der Waals surface area contributed by atoms with Gasteiger partial charge in [-0.25, -0.2) is 0 Å². The SMILES string of the molecule is Cc1c(-c2nnc3n2CCSCC3)cnn1C. The third-order valence-electron chi connectivity index (χ3n) is 3.23. The van der Waals surface area contributed by atoms with Crippen molar-refractivity contribution in [2.75, 3.05) is 11.5 Å². The van der Waals surface area contributed by atoms with Gasteiger partial charge in [0.25, 0.3) is 0 Å². The topological polar surface area (TPSA) is 48.5 Å². The quantitative estimate of drug-likeness (QED) is 0.764. The summed E-state index contributed by atoms with van der Waals surface area (Å²) in [5.74, 6) is 4.35. The molecule has 0 N–H and O–H groups in total. The van der Waals surface area contributed by atoms with E-state index >= 15 is 0 Å². The summed E-state index contributed by atoms with van der Waals surface area (Å²) >= 11 is 1.98. The lowest BCUT2D eigenvalue weighted by Gasteiger charge is -2.05. The predicted molar refractivity (Wildman–Crippen MR) is 68.0 cm³/mol. The Balaban J connectivity index is 2.09. The summed E-state index contributed by atoms with van der Waals surface area (Å²) in [6, 6.07) is 0. The molecule has 0 radical (unpaired) electrons. The molecule has 2 aromatic heterocycles. The maximum absolute atomic E-state index is 4.33. The molecule has 17 heavy (non-hydrogen) atoms. The van der Waals surface area contributed by atoms with Crippen molar-refractivity contribution in [3.05, 3.63) is 17.7 Å². The molecule has 3 heterocycles. The third-order valence-corrected chi connectivity index (χ3v) is 4.20. The van der Waals surface area contributed by atoms with Crippen LogP contribution in [0.25, 0.3) is 11.4 Å². The first kappa shape index (κ1) is 10.8. The Kier molecular flexibility index (Phi) is 2.66. The van der Waals surface area contributed by atoms with Crippen molar-refractivity contribution in [1.29, 1.82) is 0 Å². The molecule has 0 atom stereocenters. The smallest absolute Gasteiger partial charge is 0.167 e. The lowest BCUT2D eigenvalue weighted by Crippen LogP contribution is -2.05. The summed E-state index contributed by atoms with van der Waals surface area (Å²) in [6.45, 7) is 3.06. The maximum atomic E-state index is 4.33. The molecule has 0 saturated heterocycles. The van der Waals surface area contributed by atoms with E-state index < -0.39 is 0 Å². The molecule has 1 aliphatic rings. The number of aryl methyl sites for hydroxylation is 2. The second kappa shape index (κ2) is 4.18. The van der Waals surface area contributed by atoms with Crippen LogP contribution >= 0.6 is 11.8 Å². The summed E-state index contributed by atoms with van der Waals surface area (Å²) in [6.07, 6.45) is 2.89. The van der Waals surface area contributed by atoms with E-state index in [1.54, 1.807) is 0 Å². The second-order valence-corrected chi connectivity index (χ2v) is 5.45. The molecule has 0 saturated carbocycles. The fraction of sp³-hybridized carbons (Fsp3) is 0.545. The standard InChI is InChI=1S/C11H15N5S/c1-8-9(7-12-15(8)2)11-14-13-10-3-5-17-6-4-16(10)11/h7H,3-6H2,1-2H3. The average molecular weight is 249 g/mol. The molecule has 0 aromatic carbocycles. The van der Waals surface area contributed by atoms with E-state index in [-0.39, 0.29) is 0 Å². The van der Waals surface area contributed by atoms with Gasteiger partial charge in [-0.1, -0.05) is 0 Å². The minimum Gasteiger partial charge on any atom is -0.310 e. The summed E-state index contributed by atoms with van der Waals surface area (Å²) in [5.41, 5.74) is 2.23. The number of hydrogen-bond donors (Lipinski definition) is 0. The third kappa shape index (κ3) is 1.76. The highest BCUT2D eigenvalue weighted by Crippen LogP contribution is 2.24. The van der Waals surface area contributed by atoms with Crippen molar-refractivity contribution in [3.8, 4) is 11.4 Å². The molecule has 2 aromatic rings. The Bertz CT molecular complexity index is 542. The van der Waals surface area contributed by atoms with Gasteiger partial charge in [-0.3, -0.25) is 4.68 Å². The molecule has 0 spiro atoms. The van der Waals surface area contributed by atoms with Gasteiger partial charge in [0.1, 0.15) is 5.82 Å². The Morgan fingerprint density at radius 2 is 2.18 bits per heavy atom. The van der Waals surface area contributed by atoms with Gasteiger partial charge in [0.05, 0.1) is 11.8 Å². The van der Waals surface area contributed by atoms with Gasteiger partial charge in [0, 0.05) is 37.2 Å². The van der Waals surface area contributed by atoms with E-state index in [0.29, 0.717) is 0 Å². The van der Waals surface area contributed by atoms with Crippen LogP contribution in [0, 0.1) is 6.92 Å². The van der Waals surface area contributed by atoms with Gasteiger partial charge in [-0.05, 0) is 6.92 Å². The highest BCUT2D eigenvalue weighted by atomic mass is 32.2. The summed E-state index contributed by atoms with van der Waals surface area (Å²) in [7, 11) is 1.95. The molecule has 3 rings (SSSR count). The Hall–Kier alpha value is -1.30. The van der Waals surface area contributed by atoms with Crippen LogP contribution < -0.4 is 0 Å². The molecule has 0 bridgehead atoms. The molecular weight excluding hydrogens is 234 g/mol. The number of thioether (sulfide) groups is 1. The number of hydrogen-bond acceptors (Lipinski definition) is 4. The Morgan fingerprint density at radius 3 is 2.94 bits per heavy atom. The fourth-order valence-corrected chi connectivity index (χ4v) is 2.94. The second-order valence-electron chi connectivity index (χ2n) is 4.22. The van der Waals surface area contributed by atoms with Crippen molar-refractivity contribution >= 4 is 11.8 Å². The minimum atomic E-state index is 0.966. The van der Waals surface area contributed by atoms with E-state index in [1.807, 2.05) is 29.7 Å². The zero-order valence-corrected chi connectivity index (χ0v) is 10.9. The number of aromatic nitrogens is 5. The van der Waals surface area contributed by atoms with Crippen LogP contribution in [0.1, 0.15) is 11.5 Å². The molecule has 5 nitrogen and oxygen atoms in total. The zero-order chi connectivity index (χ0) is 11.8. The van der Waals surface area contributed by atoms with Gasteiger partial charge in [0.15, 0.2) is 5.82 Å². The predicted octanol–water partition coefficient (Wildman–Crippen LogP) is 1.28. The van der Waals surface area contributed by atoms with Gasteiger partial charge >= 0.3 is 0 Å². The maximum Gasteiger partial charge on any atom is 0.167 e. The molecule has 6 heteroatoms. The average Bonchev–Trinajstić information content (AvgIpc) is 2.76. The van der Waals surface area contributed by atoms with Crippen LogP contribution in [0.5, 0.6) is 0 Å². The van der Waals surface area contributed by atoms with Crippen LogP contribution in [0.3, 0.4) is 0 Å². The van der Waals surface area contributed by atoms with Crippen LogP contribution in [0.15, 0.2) is 6.20 Å². The molecule has 0 amide bonds. The number of rotatable bonds is 1. The fourth-order valence-electron chi connectivity index (χ4n) is 2.09. The number of fused-ring (bicyclic) bond motifs is 1. The van der Waals surface area contributed by atoms with E-state index in [2.05, 4.69) is 26.8 Å².